The van der Waals surface area contributed by atoms with Crippen LogP contribution in [0.2, 0.25) is 0 Å². The normalized spacial score (nSPS) is 10.4. The maximum Gasteiger partial charge on any atom is 0.293 e. The molecule has 28 heavy (non-hydrogen) atoms. The molecule has 0 spiro atoms. The number of nitrogens with zero attached hydrogens (tertiary/aromatic N) is 1. The van der Waals surface area contributed by atoms with Gasteiger partial charge in [0.15, 0.2) is 0 Å². The second kappa shape index (κ2) is 10.9. The Bertz CT molecular complexity index is 812. The average Bonchev–Trinajstić information content (AvgIpc) is 2.68. The number of hydrogen-bond acceptors (Lipinski definition) is 7. The molecule has 0 aliphatic heterocycles. The van der Waals surface area contributed by atoms with Crippen molar-refractivity contribution in [1.29, 1.82) is 0 Å². The van der Waals surface area contributed by atoms with E-state index in [-0.39, 0.29) is 11.3 Å². The second-order valence-electron chi connectivity index (χ2n) is 5.73. The predicted molar refractivity (Wildman–Crippen MR) is 105 cm³/mol. The summed E-state index contributed by atoms with van der Waals surface area (Å²) in [5.41, 5.74) is 0.840. The largest absolute Gasteiger partial charge is 0.491 e. The van der Waals surface area contributed by atoms with Crippen molar-refractivity contribution in [2.24, 2.45) is 0 Å². The summed E-state index contributed by atoms with van der Waals surface area (Å²) >= 11 is 0. The Labute approximate surface area is 162 Å². The molecule has 2 aromatic carbocycles. The zero-order valence-corrected chi connectivity index (χ0v) is 15.8. The molecule has 0 aliphatic carbocycles. The summed E-state index contributed by atoms with van der Waals surface area (Å²) in [4.78, 5) is 23.3. The number of ether oxygens (including phenoxy) is 3. The predicted octanol–water partition coefficient (Wildman–Crippen LogP) is 2.93. The molecule has 0 fully saturated rings. The number of carbonyl (C=O) groups excluding carboxylic acids is 1. The van der Waals surface area contributed by atoms with Gasteiger partial charge in [-0.25, -0.2) is 0 Å². The van der Waals surface area contributed by atoms with Gasteiger partial charge in [0.1, 0.15) is 18.0 Å². The van der Waals surface area contributed by atoms with Crippen molar-refractivity contribution in [1.82, 2.24) is 0 Å². The molecule has 9 heteroatoms. The van der Waals surface area contributed by atoms with Gasteiger partial charge in [-0.1, -0.05) is 6.07 Å². The smallest absolute Gasteiger partial charge is 0.293 e. The van der Waals surface area contributed by atoms with Gasteiger partial charge in [-0.15, -0.1) is 0 Å². The van der Waals surface area contributed by atoms with Gasteiger partial charge in [-0.05, 0) is 24.3 Å². The minimum absolute atomic E-state index is 0.176. The van der Waals surface area contributed by atoms with Crippen LogP contribution in [0, 0.1) is 10.1 Å². The summed E-state index contributed by atoms with van der Waals surface area (Å²) in [7, 11) is 3.12. The lowest BCUT2D eigenvalue weighted by Gasteiger charge is -2.10. The number of methoxy groups -OCH3 is 2. The third kappa shape index (κ3) is 6.22. The Balaban J connectivity index is 2.10. The summed E-state index contributed by atoms with van der Waals surface area (Å²) in [6.45, 7) is 1.66. The van der Waals surface area contributed by atoms with E-state index in [1.54, 1.807) is 38.5 Å². The van der Waals surface area contributed by atoms with Crippen molar-refractivity contribution in [2.75, 3.05) is 51.2 Å². The van der Waals surface area contributed by atoms with Gasteiger partial charge >= 0.3 is 0 Å². The SMILES string of the molecule is COCCNc1ccc(C(=O)Nc2cccc(OCCOC)c2)cc1[N+](=O)[O-]. The van der Waals surface area contributed by atoms with Gasteiger partial charge in [0.25, 0.3) is 11.6 Å². The fourth-order valence-electron chi connectivity index (χ4n) is 2.37. The highest BCUT2D eigenvalue weighted by molar-refractivity contribution is 6.05. The number of anilines is 2. The number of nitrogens with one attached hydrogen (secondary N) is 2. The molecule has 2 N–H and O–H groups in total. The number of carbonyl (C=O) groups is 1. The van der Waals surface area contributed by atoms with Crippen molar-refractivity contribution in [3.63, 3.8) is 0 Å². The Hall–Kier alpha value is -3.17. The summed E-state index contributed by atoms with van der Waals surface area (Å²) in [6.07, 6.45) is 0. The van der Waals surface area contributed by atoms with Gasteiger partial charge in [0, 0.05) is 44.1 Å². The maximum absolute atomic E-state index is 12.5. The zero-order chi connectivity index (χ0) is 20.4. The van der Waals surface area contributed by atoms with Crippen LogP contribution in [0.3, 0.4) is 0 Å². The van der Waals surface area contributed by atoms with Crippen LogP contribution in [0.25, 0.3) is 0 Å². The lowest BCUT2D eigenvalue weighted by atomic mass is 10.1. The summed E-state index contributed by atoms with van der Waals surface area (Å²) < 4.78 is 15.3. The van der Waals surface area contributed by atoms with E-state index in [4.69, 9.17) is 14.2 Å². The van der Waals surface area contributed by atoms with E-state index in [1.807, 2.05) is 0 Å². The monoisotopic (exact) mass is 389 g/mol. The van der Waals surface area contributed by atoms with E-state index < -0.39 is 10.8 Å². The first-order chi connectivity index (χ1) is 13.5. The molecule has 0 atom stereocenters. The highest BCUT2D eigenvalue weighted by Gasteiger charge is 2.17. The van der Waals surface area contributed by atoms with E-state index in [0.717, 1.165) is 0 Å². The highest BCUT2D eigenvalue weighted by Crippen LogP contribution is 2.26. The minimum atomic E-state index is -0.532. The molecule has 0 saturated heterocycles. The molecular weight excluding hydrogens is 366 g/mol. The van der Waals surface area contributed by atoms with Gasteiger partial charge in [-0.2, -0.15) is 0 Å². The molecule has 0 unspecified atom stereocenters. The molecule has 2 aromatic rings. The summed E-state index contributed by atoms with van der Waals surface area (Å²) in [5.74, 6) is 0.124. The zero-order valence-electron chi connectivity index (χ0n) is 15.8. The lowest BCUT2D eigenvalue weighted by Crippen LogP contribution is -2.14. The molecule has 0 aromatic heterocycles. The number of nitro benzene ring substituents is 1. The van der Waals surface area contributed by atoms with Crippen molar-refractivity contribution in [3.05, 3.63) is 58.1 Å². The van der Waals surface area contributed by atoms with Crippen molar-refractivity contribution >= 4 is 23.0 Å². The second-order valence-corrected chi connectivity index (χ2v) is 5.73. The average molecular weight is 389 g/mol. The van der Waals surface area contributed by atoms with Crippen LogP contribution in [0.1, 0.15) is 10.4 Å². The molecule has 9 nitrogen and oxygen atoms in total. The van der Waals surface area contributed by atoms with Crippen molar-refractivity contribution < 1.29 is 23.9 Å². The van der Waals surface area contributed by atoms with E-state index in [9.17, 15) is 14.9 Å². The first kappa shape index (κ1) is 21.1. The molecule has 1 amide bonds. The van der Waals surface area contributed by atoms with Gasteiger partial charge in [0.05, 0.1) is 18.1 Å². The molecule has 0 radical (unpaired) electrons. The summed E-state index contributed by atoms with van der Waals surface area (Å²) in [5, 5.41) is 17.0. The lowest BCUT2D eigenvalue weighted by molar-refractivity contribution is -0.384. The molecular formula is C19H23N3O6. The molecule has 150 valence electrons. The van der Waals surface area contributed by atoms with Gasteiger partial charge in [-0.3, -0.25) is 14.9 Å². The number of hydrogen-bond donors (Lipinski definition) is 2. The van der Waals surface area contributed by atoms with E-state index in [0.29, 0.717) is 43.5 Å². The Morgan fingerprint density at radius 3 is 2.57 bits per heavy atom. The molecule has 0 heterocycles. The quantitative estimate of drug-likeness (QED) is 0.345. The van der Waals surface area contributed by atoms with Crippen LogP contribution in [-0.4, -0.2) is 51.4 Å². The standard InChI is InChI=1S/C19H23N3O6/c1-26-9-8-20-17-7-6-14(12-18(17)22(24)25)19(23)21-15-4-3-5-16(13-15)28-11-10-27-2/h3-7,12-13,20H,8-11H2,1-2H3,(H,21,23). The summed E-state index contributed by atoms with van der Waals surface area (Å²) in [6, 6.07) is 11.1. The van der Waals surface area contributed by atoms with Crippen molar-refractivity contribution in [3.8, 4) is 5.75 Å². The fraction of sp³-hybridized carbons (Fsp3) is 0.316. The van der Waals surface area contributed by atoms with Crippen LogP contribution in [-0.2, 0) is 9.47 Å². The topological polar surface area (TPSA) is 112 Å². The molecule has 0 bridgehead atoms. The van der Waals surface area contributed by atoms with Crippen LogP contribution in [0.15, 0.2) is 42.5 Å². The Morgan fingerprint density at radius 2 is 1.86 bits per heavy atom. The van der Waals surface area contributed by atoms with Crippen LogP contribution in [0.4, 0.5) is 17.1 Å². The van der Waals surface area contributed by atoms with E-state index in [2.05, 4.69) is 10.6 Å². The third-order valence-corrected chi connectivity index (χ3v) is 3.73. The maximum atomic E-state index is 12.5. The van der Waals surface area contributed by atoms with Crippen molar-refractivity contribution in [2.45, 2.75) is 0 Å². The number of rotatable bonds is 11. The van der Waals surface area contributed by atoms with Crippen LogP contribution >= 0.6 is 0 Å². The number of benzene rings is 2. The highest BCUT2D eigenvalue weighted by atomic mass is 16.6. The van der Waals surface area contributed by atoms with Crippen LogP contribution < -0.4 is 15.4 Å². The first-order valence-electron chi connectivity index (χ1n) is 8.59. The molecule has 0 saturated carbocycles. The van der Waals surface area contributed by atoms with Crippen LogP contribution in [0.5, 0.6) is 5.75 Å². The van der Waals surface area contributed by atoms with E-state index >= 15 is 0 Å². The van der Waals surface area contributed by atoms with E-state index in [1.165, 1.54) is 18.2 Å². The fourth-order valence-corrected chi connectivity index (χ4v) is 2.37. The van der Waals surface area contributed by atoms with Gasteiger partial charge in [0.2, 0.25) is 0 Å². The minimum Gasteiger partial charge on any atom is -0.491 e. The van der Waals surface area contributed by atoms with Gasteiger partial charge < -0.3 is 24.8 Å². The molecule has 0 aliphatic rings. The third-order valence-electron chi connectivity index (χ3n) is 3.73. The number of nitro groups is 1. The number of amides is 1. The Kier molecular flexibility index (Phi) is 8.19. The Morgan fingerprint density at radius 1 is 1.07 bits per heavy atom. The molecule has 2 rings (SSSR count). The first-order valence-corrected chi connectivity index (χ1v) is 8.59.